The standard InChI is InChI=1S/C10H17N2O4.C5H8NO3.CH4.CH3.2W/c1-3-11-9(14)5-7-10(2,12(15)16)6-4-8-13;1-5(6(8)9)3-2-4-7;;;;/h3-7H2,1-2H3,(H,11,14);5H,2-3H2,1H3;1H4;1H3;;/q2*-1;;-1;;+2. The van der Waals surface area contributed by atoms with Crippen molar-refractivity contribution < 1.29 is 66.4 Å². The topological polar surface area (TPSA) is 150 Å². The Morgan fingerprint density at radius 1 is 1.14 bits per heavy atom. The zero-order valence-electron chi connectivity index (χ0n) is 16.6. The molecular weight excluding hydrogens is 726 g/mol. The van der Waals surface area contributed by atoms with E-state index in [-0.39, 0.29) is 101 Å². The van der Waals surface area contributed by atoms with E-state index in [1.807, 2.05) is 0 Å². The van der Waals surface area contributed by atoms with Crippen LogP contribution >= 0.6 is 0 Å². The van der Waals surface area contributed by atoms with Crippen LogP contribution in [0.25, 0.3) is 0 Å². The summed E-state index contributed by atoms with van der Waals surface area (Å²) in [5.41, 5.74) is -1.22. The van der Waals surface area contributed by atoms with Crippen molar-refractivity contribution in [2.24, 2.45) is 0 Å². The molecule has 12 heteroatoms. The molecule has 0 radical (unpaired) electrons. The van der Waals surface area contributed by atoms with Crippen molar-refractivity contribution in [1.82, 2.24) is 5.32 Å². The Morgan fingerprint density at radius 3 is 1.97 bits per heavy atom. The van der Waals surface area contributed by atoms with Gasteiger partial charge in [-0.1, -0.05) is 7.43 Å². The summed E-state index contributed by atoms with van der Waals surface area (Å²) in [5, 5.41) is 23.3. The first-order valence-electron chi connectivity index (χ1n) is 7.89. The molecule has 170 valence electrons. The quantitative estimate of drug-likeness (QED) is 0.183. The summed E-state index contributed by atoms with van der Waals surface area (Å²) in [6, 6.07) is -0.619. The summed E-state index contributed by atoms with van der Waals surface area (Å²) in [7, 11) is 0. The minimum Gasteiger partial charge on any atom is -0.542 e. The largest absolute Gasteiger partial charge is 2.00 e. The molecule has 1 amide bonds. The van der Waals surface area contributed by atoms with Crippen LogP contribution in [0, 0.1) is 27.7 Å². The Labute approximate surface area is 202 Å². The minimum atomic E-state index is -1.22. The summed E-state index contributed by atoms with van der Waals surface area (Å²) >= 11 is 0. The van der Waals surface area contributed by atoms with Crippen molar-refractivity contribution >= 4 is 18.5 Å². The number of rotatable bonds is 12. The van der Waals surface area contributed by atoms with Gasteiger partial charge in [0.2, 0.25) is 17.5 Å². The molecule has 0 spiro atoms. The predicted octanol–water partition coefficient (Wildman–Crippen LogP) is 2.45. The van der Waals surface area contributed by atoms with Gasteiger partial charge in [0.1, 0.15) is 0 Å². The Balaban J connectivity index is -0.0000000893. The first-order valence-corrected chi connectivity index (χ1v) is 7.89. The van der Waals surface area contributed by atoms with Gasteiger partial charge in [0.05, 0.1) is 0 Å². The van der Waals surface area contributed by atoms with Gasteiger partial charge in [0.25, 0.3) is 0 Å². The number of amides is 1. The van der Waals surface area contributed by atoms with E-state index in [0.717, 1.165) is 0 Å². The van der Waals surface area contributed by atoms with E-state index in [2.05, 4.69) is 5.32 Å². The Bertz CT molecular complexity index is 468. The molecule has 2 unspecified atom stereocenters. The van der Waals surface area contributed by atoms with Crippen molar-refractivity contribution in [3.05, 3.63) is 27.7 Å². The number of nitrogens with zero attached hydrogens (tertiary/aromatic N) is 2. The molecule has 0 aromatic carbocycles. The second kappa shape index (κ2) is 25.0. The summed E-state index contributed by atoms with van der Waals surface area (Å²) in [5.74, 6) is -0.203. The van der Waals surface area contributed by atoms with E-state index in [4.69, 9.17) is 0 Å². The Kier molecular flexibility index (Phi) is 36.4. The second-order valence-electron chi connectivity index (χ2n) is 5.67. The van der Waals surface area contributed by atoms with Crippen LogP contribution in [0.5, 0.6) is 0 Å². The van der Waals surface area contributed by atoms with Gasteiger partial charge in [-0.3, -0.25) is 37.6 Å². The Hall–Kier alpha value is -1.01. The van der Waals surface area contributed by atoms with Gasteiger partial charge in [-0.2, -0.15) is 0 Å². The van der Waals surface area contributed by atoms with Gasteiger partial charge < -0.3 is 22.3 Å². The van der Waals surface area contributed by atoms with Crippen molar-refractivity contribution in [2.45, 2.75) is 78.3 Å². The third-order valence-corrected chi connectivity index (χ3v) is 3.50. The van der Waals surface area contributed by atoms with Gasteiger partial charge in [-0.05, 0) is 19.8 Å². The normalized spacial score (nSPS) is 11.6. The van der Waals surface area contributed by atoms with E-state index < -0.39 is 21.4 Å². The van der Waals surface area contributed by atoms with E-state index in [9.17, 15) is 34.6 Å². The third-order valence-electron chi connectivity index (χ3n) is 3.50. The molecule has 0 rings (SSSR count). The van der Waals surface area contributed by atoms with Crippen LogP contribution in [0.15, 0.2) is 0 Å². The number of hydrogen-bond donors (Lipinski definition) is 1. The summed E-state index contributed by atoms with van der Waals surface area (Å²) in [4.78, 5) is 50.7. The monoisotopic (exact) mass is 758 g/mol. The number of nitrogens with one attached hydrogen (secondary N) is 1. The Morgan fingerprint density at radius 2 is 1.62 bits per heavy atom. The zero-order chi connectivity index (χ0) is 19.9. The number of nitro groups is 2. The fourth-order valence-corrected chi connectivity index (χ4v) is 1.67. The van der Waals surface area contributed by atoms with Gasteiger partial charge >= 0.3 is 21.1 Å². The molecule has 29 heavy (non-hydrogen) atoms. The molecule has 2 atom stereocenters. The van der Waals surface area contributed by atoms with Crippen LogP contribution < -0.4 is 5.32 Å². The molecule has 0 aliphatic heterocycles. The summed E-state index contributed by atoms with van der Waals surface area (Å²) < 4.78 is 0. The maximum Gasteiger partial charge on any atom is 2.00 e. The second-order valence-corrected chi connectivity index (χ2v) is 5.67. The van der Waals surface area contributed by atoms with Crippen molar-refractivity contribution in [2.75, 3.05) is 6.54 Å². The van der Waals surface area contributed by atoms with E-state index in [1.165, 1.54) is 13.8 Å². The molecule has 0 fully saturated rings. The van der Waals surface area contributed by atoms with Crippen LogP contribution in [0.3, 0.4) is 0 Å². The molecule has 0 aliphatic rings. The summed E-state index contributed by atoms with van der Waals surface area (Å²) in [6.07, 6.45) is 4.05. The zero-order valence-corrected chi connectivity index (χ0v) is 22.5. The number of carbonyl (C=O) groups excluding carboxylic acids is 3. The fourth-order valence-electron chi connectivity index (χ4n) is 1.67. The van der Waals surface area contributed by atoms with Crippen molar-refractivity contribution in [3.8, 4) is 0 Å². The molecule has 0 bridgehead atoms. The number of hydrogen-bond acceptors (Lipinski definition) is 7. The van der Waals surface area contributed by atoms with Gasteiger partial charge in [-0.15, -0.1) is 12.8 Å². The molecule has 0 saturated heterocycles. The van der Waals surface area contributed by atoms with Crippen LogP contribution in [0.4, 0.5) is 0 Å². The van der Waals surface area contributed by atoms with Crippen LogP contribution in [0.2, 0.25) is 0 Å². The molecule has 0 aromatic heterocycles. The molecule has 0 saturated carbocycles. The first kappa shape index (κ1) is 42.2. The molecule has 0 aromatic rings. The average Bonchev–Trinajstić information content (AvgIpc) is 2.56. The smallest absolute Gasteiger partial charge is 0.542 e. The SMILES string of the molecule is C.CC(CC[C-]=O)[N+](=O)[O-].CCNC(=O)CCC(C)(CC[C-]=O)[N+](=O)[O-].[CH3-].[W+2].[W]. The fraction of sp³-hybridized carbons (Fsp3) is 0.765. The third kappa shape index (κ3) is 23.1. The van der Waals surface area contributed by atoms with E-state index in [1.54, 1.807) is 19.5 Å². The van der Waals surface area contributed by atoms with Gasteiger partial charge in [-0.25, -0.2) is 0 Å². The first-order chi connectivity index (χ1) is 11.6. The maximum atomic E-state index is 11.2. The van der Waals surface area contributed by atoms with Crippen molar-refractivity contribution in [3.63, 3.8) is 0 Å². The average molecular weight is 758 g/mol. The molecule has 1 N–H and O–H groups in total. The van der Waals surface area contributed by atoms with Crippen molar-refractivity contribution in [1.29, 1.82) is 0 Å². The van der Waals surface area contributed by atoms with Crippen LogP contribution in [-0.2, 0) is 56.5 Å². The van der Waals surface area contributed by atoms with E-state index in [0.29, 0.717) is 6.54 Å². The summed E-state index contributed by atoms with van der Waals surface area (Å²) in [6.45, 7) is 5.21. The van der Waals surface area contributed by atoms with Gasteiger partial charge in [0, 0.05) is 64.1 Å². The molecular formula is C17H32N3O7W2-. The molecule has 10 nitrogen and oxygen atoms in total. The van der Waals surface area contributed by atoms with Gasteiger partial charge in [0.15, 0.2) is 0 Å². The number of carbonyl (C=O) groups is 1. The van der Waals surface area contributed by atoms with E-state index >= 15 is 0 Å². The minimum absolute atomic E-state index is 0. The molecule has 0 heterocycles. The maximum absolute atomic E-state index is 11.2. The predicted molar refractivity (Wildman–Crippen MR) is 103 cm³/mol. The van der Waals surface area contributed by atoms with Crippen LogP contribution in [-0.4, -0.2) is 46.5 Å². The van der Waals surface area contributed by atoms with Crippen LogP contribution in [0.1, 0.15) is 66.7 Å². The molecule has 0 aliphatic carbocycles.